The monoisotopic (exact) mass is 493 g/mol. The Bertz CT molecular complexity index is 1440. The molecule has 0 radical (unpaired) electrons. The number of ether oxygens (including phenoxy) is 3. The summed E-state index contributed by atoms with van der Waals surface area (Å²) in [6, 6.07) is 13.9. The molecule has 0 saturated carbocycles. The minimum absolute atomic E-state index is 0.174. The Labute approximate surface area is 205 Å². The van der Waals surface area contributed by atoms with Crippen LogP contribution in [0.25, 0.3) is 22.4 Å². The van der Waals surface area contributed by atoms with Gasteiger partial charge in [0.1, 0.15) is 0 Å². The minimum atomic E-state index is -3.93. The number of nitrogens with two attached hydrogens (primary N) is 1. The lowest BCUT2D eigenvalue weighted by Gasteiger charge is -2.16. The van der Waals surface area contributed by atoms with Gasteiger partial charge in [0.25, 0.3) is 10.0 Å². The van der Waals surface area contributed by atoms with E-state index >= 15 is 0 Å². The summed E-state index contributed by atoms with van der Waals surface area (Å²) in [6.07, 6.45) is 4.95. The van der Waals surface area contributed by atoms with E-state index in [0.717, 1.165) is 16.7 Å². The maximum absolute atomic E-state index is 13.8. The zero-order chi connectivity index (χ0) is 25.2. The van der Waals surface area contributed by atoms with Crippen molar-refractivity contribution < 1.29 is 22.6 Å². The van der Waals surface area contributed by atoms with Gasteiger partial charge in [0, 0.05) is 41.8 Å². The molecule has 0 fully saturated rings. The van der Waals surface area contributed by atoms with Crippen molar-refractivity contribution in [3.63, 3.8) is 0 Å². The van der Waals surface area contributed by atoms with Crippen LogP contribution < -0.4 is 19.9 Å². The van der Waals surface area contributed by atoms with Crippen LogP contribution >= 0.6 is 0 Å². The van der Waals surface area contributed by atoms with Gasteiger partial charge in [-0.2, -0.15) is 0 Å². The van der Waals surface area contributed by atoms with Crippen LogP contribution in [0.5, 0.6) is 17.2 Å². The van der Waals surface area contributed by atoms with E-state index in [1.54, 1.807) is 61.1 Å². The molecule has 0 aliphatic rings. The average Bonchev–Trinajstić information content (AvgIpc) is 3.34. The molecule has 0 saturated heterocycles. The molecule has 2 aromatic heterocycles. The molecule has 0 unspecified atom stereocenters. The molecule has 35 heavy (non-hydrogen) atoms. The highest BCUT2D eigenvalue weighted by Crippen LogP contribution is 2.42. The fraction of sp³-hybridized carbons (Fsp3) is 0.192. The zero-order valence-electron chi connectivity index (χ0n) is 20.0. The molecule has 182 valence electrons. The van der Waals surface area contributed by atoms with E-state index in [2.05, 4.69) is 4.98 Å². The number of hydrogen-bond donors (Lipinski definition) is 1. The van der Waals surface area contributed by atoms with Gasteiger partial charge in [0.05, 0.1) is 31.9 Å². The summed E-state index contributed by atoms with van der Waals surface area (Å²) in [7, 11) is 0.605. The smallest absolute Gasteiger partial charge is 0.268 e. The largest absolute Gasteiger partial charge is 0.493 e. The Morgan fingerprint density at radius 1 is 0.857 bits per heavy atom. The molecule has 0 amide bonds. The standard InChI is InChI=1S/C26H27N3O5S/c1-17-5-7-22(8-6-17)35(30,31)29-16-21(20-9-18(13-27)14-28-15-20)10-23(29)19-11-24(32-2)26(34-4)25(12-19)33-3/h5-12,14-16H,13,27H2,1-4H3. The fourth-order valence-corrected chi connectivity index (χ4v) is 5.20. The molecule has 4 aromatic rings. The first kappa shape index (κ1) is 24.3. The highest BCUT2D eigenvalue weighted by atomic mass is 32.2. The number of benzene rings is 2. The van der Waals surface area contributed by atoms with E-state index in [4.69, 9.17) is 19.9 Å². The Kier molecular flexibility index (Phi) is 6.81. The highest BCUT2D eigenvalue weighted by Gasteiger charge is 2.24. The third-order valence-electron chi connectivity index (χ3n) is 5.69. The van der Waals surface area contributed by atoms with Gasteiger partial charge >= 0.3 is 0 Å². The van der Waals surface area contributed by atoms with E-state index in [9.17, 15) is 8.42 Å². The lowest BCUT2D eigenvalue weighted by molar-refractivity contribution is 0.324. The van der Waals surface area contributed by atoms with Crippen LogP contribution in [-0.2, 0) is 16.6 Å². The SMILES string of the molecule is COc1cc(-c2cc(-c3cncc(CN)c3)cn2S(=O)(=O)c2ccc(C)cc2)cc(OC)c1OC. The molecule has 0 bridgehead atoms. The molecule has 2 heterocycles. The minimum Gasteiger partial charge on any atom is -0.493 e. The van der Waals surface area contributed by atoms with Crippen LogP contribution in [0.3, 0.4) is 0 Å². The predicted octanol–water partition coefficient (Wildman–Crippen LogP) is 4.25. The maximum Gasteiger partial charge on any atom is 0.268 e. The quantitative estimate of drug-likeness (QED) is 0.391. The van der Waals surface area contributed by atoms with Crippen LogP contribution in [0.1, 0.15) is 11.1 Å². The summed E-state index contributed by atoms with van der Waals surface area (Å²) < 4.78 is 45.3. The summed E-state index contributed by atoms with van der Waals surface area (Å²) in [4.78, 5) is 4.43. The van der Waals surface area contributed by atoms with Gasteiger partial charge in [-0.1, -0.05) is 17.7 Å². The molecule has 8 nitrogen and oxygen atoms in total. The van der Waals surface area contributed by atoms with Crippen LogP contribution in [0.4, 0.5) is 0 Å². The van der Waals surface area contributed by atoms with Crippen molar-refractivity contribution in [2.45, 2.75) is 18.4 Å². The van der Waals surface area contributed by atoms with Gasteiger partial charge in [-0.15, -0.1) is 0 Å². The summed E-state index contributed by atoms with van der Waals surface area (Å²) in [5, 5.41) is 0. The maximum atomic E-state index is 13.8. The Balaban J connectivity index is 1.99. The van der Waals surface area contributed by atoms with Gasteiger partial charge in [-0.25, -0.2) is 12.4 Å². The second-order valence-electron chi connectivity index (χ2n) is 7.93. The first-order chi connectivity index (χ1) is 16.8. The lowest BCUT2D eigenvalue weighted by Crippen LogP contribution is -2.13. The summed E-state index contributed by atoms with van der Waals surface area (Å²) in [5.41, 5.74) is 10.0. The number of aryl methyl sites for hydroxylation is 1. The van der Waals surface area contributed by atoms with E-state index in [1.165, 1.54) is 25.3 Å². The van der Waals surface area contributed by atoms with Crippen molar-refractivity contribution >= 4 is 10.0 Å². The second kappa shape index (κ2) is 9.81. The predicted molar refractivity (Wildman–Crippen MR) is 134 cm³/mol. The van der Waals surface area contributed by atoms with Gasteiger partial charge in [0.15, 0.2) is 11.5 Å². The third kappa shape index (κ3) is 4.60. The van der Waals surface area contributed by atoms with E-state index < -0.39 is 10.0 Å². The molecular formula is C26H27N3O5S. The van der Waals surface area contributed by atoms with E-state index in [1.807, 2.05) is 13.0 Å². The molecule has 4 rings (SSSR count). The first-order valence-electron chi connectivity index (χ1n) is 10.8. The first-order valence-corrected chi connectivity index (χ1v) is 12.3. The molecule has 0 aliphatic carbocycles. The summed E-state index contributed by atoms with van der Waals surface area (Å²) in [5.74, 6) is 1.24. The number of hydrogen-bond acceptors (Lipinski definition) is 7. The van der Waals surface area contributed by atoms with Gasteiger partial charge in [0.2, 0.25) is 5.75 Å². The van der Waals surface area contributed by atoms with Crippen molar-refractivity contribution in [1.29, 1.82) is 0 Å². The number of aromatic nitrogens is 2. The van der Waals surface area contributed by atoms with Crippen molar-refractivity contribution in [1.82, 2.24) is 8.96 Å². The molecule has 9 heteroatoms. The number of methoxy groups -OCH3 is 3. The Morgan fingerprint density at radius 3 is 2.09 bits per heavy atom. The second-order valence-corrected chi connectivity index (χ2v) is 9.74. The third-order valence-corrected chi connectivity index (χ3v) is 7.38. The van der Waals surface area contributed by atoms with Crippen LogP contribution in [-0.4, -0.2) is 38.7 Å². The van der Waals surface area contributed by atoms with Crippen molar-refractivity contribution in [3.8, 4) is 39.6 Å². The van der Waals surface area contributed by atoms with Crippen molar-refractivity contribution in [3.05, 3.63) is 78.2 Å². The lowest BCUT2D eigenvalue weighted by atomic mass is 10.1. The molecule has 2 N–H and O–H groups in total. The number of nitrogens with zero attached hydrogens (tertiary/aromatic N) is 2. The Morgan fingerprint density at radius 2 is 1.51 bits per heavy atom. The molecular weight excluding hydrogens is 466 g/mol. The van der Waals surface area contributed by atoms with Crippen LogP contribution in [0.15, 0.2) is 72.0 Å². The van der Waals surface area contributed by atoms with E-state index in [0.29, 0.717) is 40.6 Å². The van der Waals surface area contributed by atoms with Gasteiger partial charge in [-0.3, -0.25) is 4.98 Å². The highest BCUT2D eigenvalue weighted by molar-refractivity contribution is 7.90. The van der Waals surface area contributed by atoms with Gasteiger partial charge in [-0.05, 0) is 48.9 Å². The van der Waals surface area contributed by atoms with Crippen LogP contribution in [0, 0.1) is 6.92 Å². The normalized spacial score (nSPS) is 11.3. The molecule has 2 aromatic carbocycles. The Hall–Kier alpha value is -3.82. The van der Waals surface area contributed by atoms with Crippen molar-refractivity contribution in [2.75, 3.05) is 21.3 Å². The number of rotatable bonds is 8. The molecule has 0 spiro atoms. The number of pyridine rings is 1. The molecule has 0 atom stereocenters. The fourth-order valence-electron chi connectivity index (χ4n) is 3.82. The topological polar surface area (TPSA) is 106 Å². The van der Waals surface area contributed by atoms with E-state index in [-0.39, 0.29) is 4.90 Å². The summed E-state index contributed by atoms with van der Waals surface area (Å²) >= 11 is 0. The zero-order valence-corrected chi connectivity index (χ0v) is 20.8. The average molecular weight is 494 g/mol. The molecule has 0 aliphatic heterocycles. The van der Waals surface area contributed by atoms with Crippen molar-refractivity contribution in [2.24, 2.45) is 5.73 Å². The van der Waals surface area contributed by atoms with Crippen LogP contribution in [0.2, 0.25) is 0 Å². The van der Waals surface area contributed by atoms with Gasteiger partial charge < -0.3 is 19.9 Å². The summed E-state index contributed by atoms with van der Waals surface area (Å²) in [6.45, 7) is 2.23.